The molecule has 1 aliphatic rings. The normalized spacial score (nSPS) is 14.2. The third kappa shape index (κ3) is 6.01. The van der Waals surface area contributed by atoms with Gasteiger partial charge in [0.1, 0.15) is 18.2 Å². The molecule has 7 nitrogen and oxygen atoms in total. The van der Waals surface area contributed by atoms with Crippen LogP contribution in [0.3, 0.4) is 0 Å². The number of nitrogens with zero attached hydrogens (tertiary/aromatic N) is 4. The van der Waals surface area contributed by atoms with Crippen molar-refractivity contribution in [3.63, 3.8) is 0 Å². The summed E-state index contributed by atoms with van der Waals surface area (Å²) in [6.07, 6.45) is 3.51. The fraction of sp³-hybridized carbons (Fsp3) is 0.292. The van der Waals surface area contributed by atoms with Gasteiger partial charge < -0.3 is 15.0 Å². The molecule has 0 spiro atoms. The van der Waals surface area contributed by atoms with Crippen LogP contribution in [0.4, 0.5) is 10.3 Å². The molecule has 2 heterocycles. The Morgan fingerprint density at radius 3 is 2.50 bits per heavy atom. The number of hydrogen-bond acceptors (Lipinski definition) is 6. The molecule has 1 aliphatic heterocycles. The number of amides is 1. The fourth-order valence-electron chi connectivity index (χ4n) is 3.53. The number of ether oxygens (including phenoxy) is 1. The molecule has 1 N–H and O–H groups in total. The van der Waals surface area contributed by atoms with Crippen molar-refractivity contribution in [1.29, 1.82) is 0 Å². The van der Waals surface area contributed by atoms with E-state index in [-0.39, 0.29) is 11.7 Å². The molecule has 1 amide bonds. The number of carbonyl (C=O) groups is 1. The summed E-state index contributed by atoms with van der Waals surface area (Å²) in [6, 6.07) is 15.1. The van der Waals surface area contributed by atoms with Crippen LogP contribution < -0.4 is 15.0 Å². The second kappa shape index (κ2) is 10.7. The molecule has 1 fully saturated rings. The SMILES string of the molecule is O=C(NCCN1CCN(c2ncccn2)CC1)c1cccc(OCc2ccc(F)cc2)c1. The lowest BCUT2D eigenvalue weighted by atomic mass is 10.2. The highest BCUT2D eigenvalue weighted by Crippen LogP contribution is 2.16. The van der Waals surface area contributed by atoms with Gasteiger partial charge in [-0.25, -0.2) is 14.4 Å². The molecule has 0 bridgehead atoms. The van der Waals surface area contributed by atoms with Gasteiger partial charge in [0.25, 0.3) is 5.91 Å². The lowest BCUT2D eigenvalue weighted by molar-refractivity contribution is 0.0947. The Bertz CT molecular complexity index is 1010. The molecule has 2 aromatic carbocycles. The molecule has 4 rings (SSSR count). The van der Waals surface area contributed by atoms with E-state index in [1.165, 1.54) is 12.1 Å². The van der Waals surface area contributed by atoms with Crippen LogP contribution in [-0.2, 0) is 6.61 Å². The van der Waals surface area contributed by atoms with Crippen LogP contribution in [0, 0.1) is 5.82 Å². The first-order valence-corrected chi connectivity index (χ1v) is 10.7. The quantitative estimate of drug-likeness (QED) is 0.587. The maximum absolute atomic E-state index is 13.0. The highest BCUT2D eigenvalue weighted by molar-refractivity contribution is 5.94. The van der Waals surface area contributed by atoms with Crippen molar-refractivity contribution in [3.8, 4) is 5.75 Å². The van der Waals surface area contributed by atoms with Crippen LogP contribution in [0.1, 0.15) is 15.9 Å². The summed E-state index contributed by atoms with van der Waals surface area (Å²) in [5.74, 6) is 0.955. The smallest absolute Gasteiger partial charge is 0.251 e. The number of aromatic nitrogens is 2. The van der Waals surface area contributed by atoms with E-state index in [2.05, 4.69) is 25.1 Å². The van der Waals surface area contributed by atoms with Crippen LogP contribution >= 0.6 is 0 Å². The van der Waals surface area contributed by atoms with Gasteiger partial charge >= 0.3 is 0 Å². The second-order valence-electron chi connectivity index (χ2n) is 7.58. The zero-order valence-electron chi connectivity index (χ0n) is 17.8. The van der Waals surface area contributed by atoms with Gasteiger partial charge in [-0.2, -0.15) is 0 Å². The third-order valence-electron chi connectivity index (χ3n) is 5.34. The predicted octanol–water partition coefficient (Wildman–Crippen LogP) is 2.75. The van der Waals surface area contributed by atoms with E-state index in [4.69, 9.17) is 4.74 Å². The van der Waals surface area contributed by atoms with Crippen molar-refractivity contribution in [1.82, 2.24) is 20.2 Å². The number of anilines is 1. The van der Waals surface area contributed by atoms with Crippen molar-refractivity contribution in [2.75, 3.05) is 44.2 Å². The first-order chi connectivity index (χ1) is 15.7. The van der Waals surface area contributed by atoms with Crippen molar-refractivity contribution in [2.24, 2.45) is 0 Å². The lowest BCUT2D eigenvalue weighted by Gasteiger charge is -2.34. The second-order valence-corrected chi connectivity index (χ2v) is 7.58. The average molecular weight is 436 g/mol. The van der Waals surface area contributed by atoms with Crippen molar-refractivity contribution in [3.05, 3.63) is 83.9 Å². The van der Waals surface area contributed by atoms with E-state index in [1.807, 2.05) is 6.07 Å². The Kier molecular flexibility index (Phi) is 7.24. The molecular weight excluding hydrogens is 409 g/mol. The summed E-state index contributed by atoms with van der Waals surface area (Å²) in [5, 5.41) is 2.98. The van der Waals surface area contributed by atoms with Gasteiger partial charge in [-0.1, -0.05) is 18.2 Å². The first-order valence-electron chi connectivity index (χ1n) is 10.7. The molecule has 1 saturated heterocycles. The molecule has 0 aliphatic carbocycles. The number of hydrogen-bond donors (Lipinski definition) is 1. The van der Waals surface area contributed by atoms with E-state index in [1.54, 1.807) is 48.8 Å². The minimum Gasteiger partial charge on any atom is -0.489 e. The molecule has 0 radical (unpaired) electrons. The summed E-state index contributed by atoms with van der Waals surface area (Å²) < 4.78 is 18.7. The topological polar surface area (TPSA) is 70.6 Å². The van der Waals surface area contributed by atoms with Crippen LogP contribution in [-0.4, -0.2) is 60.0 Å². The van der Waals surface area contributed by atoms with Crippen LogP contribution in [0.15, 0.2) is 67.0 Å². The highest BCUT2D eigenvalue weighted by atomic mass is 19.1. The Labute approximate surface area is 186 Å². The molecule has 32 heavy (non-hydrogen) atoms. The number of nitrogens with one attached hydrogen (secondary N) is 1. The van der Waals surface area contributed by atoms with E-state index in [0.717, 1.165) is 44.2 Å². The Hall–Kier alpha value is -3.52. The van der Waals surface area contributed by atoms with Gasteiger partial charge in [-0.05, 0) is 42.0 Å². The maximum atomic E-state index is 13.0. The predicted molar refractivity (Wildman–Crippen MR) is 120 cm³/mol. The largest absolute Gasteiger partial charge is 0.489 e. The minimum atomic E-state index is -0.278. The molecule has 0 saturated carbocycles. The van der Waals surface area contributed by atoms with Gasteiger partial charge in [-0.15, -0.1) is 0 Å². The summed E-state index contributed by atoms with van der Waals surface area (Å²) >= 11 is 0. The van der Waals surface area contributed by atoms with Gasteiger partial charge in [0.15, 0.2) is 0 Å². The number of rotatable bonds is 8. The summed E-state index contributed by atoms with van der Waals surface area (Å²) in [5.41, 5.74) is 1.41. The molecule has 1 aromatic heterocycles. The molecule has 0 unspecified atom stereocenters. The number of carbonyl (C=O) groups excluding carboxylic acids is 1. The molecular formula is C24H26FN5O2. The van der Waals surface area contributed by atoms with Crippen LogP contribution in [0.25, 0.3) is 0 Å². The third-order valence-corrected chi connectivity index (χ3v) is 5.34. The van der Waals surface area contributed by atoms with Gasteiger partial charge in [0.05, 0.1) is 0 Å². The molecule has 0 atom stereocenters. The Morgan fingerprint density at radius 1 is 1.00 bits per heavy atom. The molecule has 3 aromatic rings. The average Bonchev–Trinajstić information content (AvgIpc) is 2.85. The summed E-state index contributed by atoms with van der Waals surface area (Å²) in [6.45, 7) is 5.21. The van der Waals surface area contributed by atoms with Crippen molar-refractivity contribution >= 4 is 11.9 Å². The van der Waals surface area contributed by atoms with Gasteiger partial charge in [-0.3, -0.25) is 9.69 Å². The maximum Gasteiger partial charge on any atom is 0.251 e. The first kappa shape index (κ1) is 21.7. The van der Waals surface area contributed by atoms with E-state index >= 15 is 0 Å². The minimum absolute atomic E-state index is 0.131. The van der Waals surface area contributed by atoms with E-state index in [0.29, 0.717) is 24.5 Å². The van der Waals surface area contributed by atoms with Gasteiger partial charge in [0.2, 0.25) is 5.95 Å². The lowest BCUT2D eigenvalue weighted by Crippen LogP contribution is -2.49. The Morgan fingerprint density at radius 2 is 1.75 bits per heavy atom. The standard InChI is InChI=1S/C24H26FN5O2/c25-21-7-5-19(6-8-21)18-32-22-4-1-3-20(17-22)23(31)26-11-12-29-13-15-30(16-14-29)24-27-9-2-10-28-24/h1-10,17H,11-16,18H2,(H,26,31). The van der Waals surface area contributed by atoms with Crippen LogP contribution in [0.2, 0.25) is 0 Å². The van der Waals surface area contributed by atoms with Gasteiger partial charge in [0, 0.05) is 57.2 Å². The zero-order valence-corrected chi connectivity index (χ0v) is 17.8. The number of halogens is 1. The summed E-state index contributed by atoms with van der Waals surface area (Å²) in [4.78, 5) is 25.6. The Balaban J connectivity index is 1.20. The number of benzene rings is 2. The summed E-state index contributed by atoms with van der Waals surface area (Å²) in [7, 11) is 0. The molecule has 166 valence electrons. The number of piperazine rings is 1. The monoisotopic (exact) mass is 435 g/mol. The van der Waals surface area contributed by atoms with Crippen molar-refractivity contribution in [2.45, 2.75) is 6.61 Å². The van der Waals surface area contributed by atoms with Crippen molar-refractivity contribution < 1.29 is 13.9 Å². The fourth-order valence-corrected chi connectivity index (χ4v) is 3.53. The van der Waals surface area contributed by atoms with E-state index in [9.17, 15) is 9.18 Å². The zero-order chi connectivity index (χ0) is 22.2. The highest BCUT2D eigenvalue weighted by Gasteiger charge is 2.18. The van der Waals surface area contributed by atoms with E-state index < -0.39 is 0 Å². The van der Waals surface area contributed by atoms with Crippen LogP contribution in [0.5, 0.6) is 5.75 Å². The molecule has 8 heteroatoms.